The zero-order chi connectivity index (χ0) is 25.9. The Labute approximate surface area is 209 Å². The Morgan fingerprint density at radius 2 is 1.81 bits per heavy atom. The molecule has 3 heterocycles. The van der Waals surface area contributed by atoms with Crippen LogP contribution in [0.5, 0.6) is 5.75 Å². The summed E-state index contributed by atoms with van der Waals surface area (Å²) in [5.74, 6) is -0.388. The van der Waals surface area contributed by atoms with Crippen molar-refractivity contribution in [1.29, 1.82) is 0 Å². The van der Waals surface area contributed by atoms with E-state index in [4.69, 9.17) is 4.74 Å². The predicted molar refractivity (Wildman–Crippen MR) is 130 cm³/mol. The lowest BCUT2D eigenvalue weighted by atomic mass is 10.1. The van der Waals surface area contributed by atoms with Crippen LogP contribution in [-0.4, -0.2) is 30.3 Å². The van der Waals surface area contributed by atoms with Crippen molar-refractivity contribution >= 4 is 17.2 Å². The van der Waals surface area contributed by atoms with Gasteiger partial charge in [-0.15, -0.1) is 0 Å². The first kappa shape index (κ1) is 24.0. The Kier molecular flexibility index (Phi) is 6.59. The third kappa shape index (κ3) is 5.15. The molecule has 5 aromatic rings. The molecule has 37 heavy (non-hydrogen) atoms. The van der Waals surface area contributed by atoms with Crippen LogP contribution < -0.4 is 10.1 Å². The molecule has 3 aromatic heterocycles. The second-order valence-electron chi connectivity index (χ2n) is 8.16. The minimum Gasteiger partial charge on any atom is -0.471 e. The number of aromatic nitrogens is 5. The van der Waals surface area contributed by atoms with Crippen molar-refractivity contribution in [3.63, 3.8) is 0 Å². The number of nitrogens with one attached hydrogen (secondary N) is 1. The van der Waals surface area contributed by atoms with Crippen molar-refractivity contribution < 1.29 is 22.7 Å². The van der Waals surface area contributed by atoms with Crippen LogP contribution in [-0.2, 0) is 13.2 Å². The molecule has 0 aliphatic heterocycles. The molecule has 0 unspecified atom stereocenters. The molecule has 0 aliphatic carbocycles. The lowest BCUT2D eigenvalue weighted by molar-refractivity contribution is 0.102. The molecule has 2 aromatic carbocycles. The summed E-state index contributed by atoms with van der Waals surface area (Å²) in [7, 11) is 0. The number of aryl methyl sites for hydroxylation is 1. The minimum absolute atomic E-state index is 0.00845. The molecule has 0 saturated heterocycles. The number of anilines is 1. The van der Waals surface area contributed by atoms with E-state index in [2.05, 4.69) is 27.4 Å². The minimum atomic E-state index is -2.88. The summed E-state index contributed by atoms with van der Waals surface area (Å²) in [4.78, 5) is 17.4. The average Bonchev–Trinajstić information content (AvgIpc) is 3.54. The third-order valence-electron chi connectivity index (χ3n) is 5.69. The highest BCUT2D eigenvalue weighted by Crippen LogP contribution is 2.27. The van der Waals surface area contributed by atoms with E-state index in [1.54, 1.807) is 6.20 Å². The number of carbonyl (C=O) groups excluding carboxylic acids is 1. The molecule has 188 valence electrons. The van der Waals surface area contributed by atoms with Crippen LogP contribution in [0, 0.1) is 5.82 Å². The number of nitrogens with zero attached hydrogens (tertiary/aromatic N) is 5. The first-order valence-corrected chi connectivity index (χ1v) is 11.4. The number of hydrogen-bond donors (Lipinski definition) is 1. The van der Waals surface area contributed by atoms with Gasteiger partial charge in [0.15, 0.2) is 12.4 Å². The maximum atomic E-state index is 13.8. The molecule has 11 heteroatoms. The van der Waals surface area contributed by atoms with Gasteiger partial charge in [-0.25, -0.2) is 27.4 Å². The molecule has 1 amide bonds. The summed E-state index contributed by atoms with van der Waals surface area (Å²) >= 11 is 0. The fraction of sp³-hybridized carbons (Fsp3) is 0.154. The number of carbonyl (C=O) groups is 1. The number of amides is 1. The third-order valence-corrected chi connectivity index (χ3v) is 5.69. The van der Waals surface area contributed by atoms with Gasteiger partial charge < -0.3 is 10.1 Å². The molecule has 0 saturated carbocycles. The molecule has 8 nitrogen and oxygen atoms in total. The Morgan fingerprint density at radius 3 is 2.51 bits per heavy atom. The van der Waals surface area contributed by atoms with Gasteiger partial charge in [-0.3, -0.25) is 4.79 Å². The summed E-state index contributed by atoms with van der Waals surface area (Å²) in [6.45, 7) is 2.19. The van der Waals surface area contributed by atoms with Gasteiger partial charge in [-0.1, -0.05) is 19.1 Å². The van der Waals surface area contributed by atoms with Crippen LogP contribution in [0.2, 0.25) is 0 Å². The van der Waals surface area contributed by atoms with E-state index < -0.39 is 23.8 Å². The lowest BCUT2D eigenvalue weighted by Gasteiger charge is -2.08. The van der Waals surface area contributed by atoms with E-state index >= 15 is 0 Å². The highest BCUT2D eigenvalue weighted by Gasteiger charge is 2.22. The van der Waals surface area contributed by atoms with Gasteiger partial charge in [-0.2, -0.15) is 10.2 Å². The predicted octanol–water partition coefficient (Wildman–Crippen LogP) is 5.52. The van der Waals surface area contributed by atoms with Crippen molar-refractivity contribution in [2.75, 3.05) is 5.32 Å². The number of halogens is 3. The molecule has 0 spiro atoms. The Hall–Kier alpha value is -4.67. The second-order valence-corrected chi connectivity index (χ2v) is 8.16. The van der Waals surface area contributed by atoms with Crippen LogP contribution >= 0.6 is 0 Å². The summed E-state index contributed by atoms with van der Waals surface area (Å²) in [6, 6.07) is 14.1. The van der Waals surface area contributed by atoms with E-state index in [-0.39, 0.29) is 23.6 Å². The van der Waals surface area contributed by atoms with Crippen LogP contribution in [0.3, 0.4) is 0 Å². The molecule has 0 fully saturated rings. The maximum Gasteiger partial charge on any atom is 0.280 e. The fourth-order valence-electron chi connectivity index (χ4n) is 3.73. The van der Waals surface area contributed by atoms with Gasteiger partial charge in [0.1, 0.15) is 22.8 Å². The number of hydrogen-bond acceptors (Lipinski definition) is 5. The van der Waals surface area contributed by atoms with Crippen molar-refractivity contribution in [2.45, 2.75) is 26.5 Å². The highest BCUT2D eigenvalue weighted by molar-refractivity contribution is 6.08. The highest BCUT2D eigenvalue weighted by atomic mass is 19.3. The van der Waals surface area contributed by atoms with Gasteiger partial charge in [0.05, 0.1) is 30.0 Å². The second kappa shape index (κ2) is 10.1. The molecule has 0 aliphatic rings. The molecular formula is C26H21F3N6O2. The van der Waals surface area contributed by atoms with Gasteiger partial charge >= 0.3 is 0 Å². The van der Waals surface area contributed by atoms with Crippen LogP contribution in [0.15, 0.2) is 73.2 Å². The standard InChI is InChI=1S/C26H21F3N6O2/c1-2-16-3-9-20(10-4-16)37-15-34-14-19(12-30-34)32-26(36)21-13-31-35-23(24(28)29)11-22(33-25(21)35)17-5-7-18(27)8-6-17/h3-14,24H,2,15H2,1H3,(H,32,36). The zero-order valence-electron chi connectivity index (χ0n) is 19.6. The molecule has 0 bridgehead atoms. The van der Waals surface area contributed by atoms with E-state index in [9.17, 15) is 18.0 Å². The smallest absolute Gasteiger partial charge is 0.280 e. The molecule has 5 rings (SSSR count). The van der Waals surface area contributed by atoms with Gasteiger partial charge in [0.2, 0.25) is 0 Å². The maximum absolute atomic E-state index is 13.8. The summed E-state index contributed by atoms with van der Waals surface area (Å²) in [5.41, 5.74) is 1.65. The largest absolute Gasteiger partial charge is 0.471 e. The Balaban J connectivity index is 1.35. The van der Waals surface area contributed by atoms with E-state index in [1.807, 2.05) is 24.3 Å². The van der Waals surface area contributed by atoms with Gasteiger partial charge in [0, 0.05) is 5.56 Å². The topological polar surface area (TPSA) is 86.3 Å². The molecule has 1 N–H and O–H groups in total. The van der Waals surface area contributed by atoms with Crippen LogP contribution in [0.1, 0.15) is 35.0 Å². The number of ether oxygens (including phenoxy) is 1. The Bertz CT molecular complexity index is 1550. The fourth-order valence-corrected chi connectivity index (χ4v) is 3.73. The van der Waals surface area contributed by atoms with Crippen molar-refractivity contribution in [3.8, 4) is 17.0 Å². The number of benzene rings is 2. The number of alkyl halides is 2. The quantitative estimate of drug-likeness (QED) is 0.300. The normalized spacial score (nSPS) is 11.3. The average molecular weight is 506 g/mol. The van der Waals surface area contributed by atoms with E-state index in [0.717, 1.165) is 10.9 Å². The van der Waals surface area contributed by atoms with Crippen LogP contribution in [0.25, 0.3) is 16.9 Å². The first-order chi connectivity index (χ1) is 17.9. The summed E-state index contributed by atoms with van der Waals surface area (Å²) < 4.78 is 49.0. The van der Waals surface area contributed by atoms with E-state index in [0.29, 0.717) is 17.0 Å². The number of rotatable bonds is 8. The van der Waals surface area contributed by atoms with Crippen molar-refractivity contribution in [1.82, 2.24) is 24.4 Å². The first-order valence-electron chi connectivity index (χ1n) is 11.4. The van der Waals surface area contributed by atoms with Gasteiger partial charge in [0.25, 0.3) is 12.3 Å². The Morgan fingerprint density at radius 1 is 1.05 bits per heavy atom. The monoisotopic (exact) mass is 506 g/mol. The van der Waals surface area contributed by atoms with E-state index in [1.165, 1.54) is 53.0 Å². The molecule has 0 atom stereocenters. The van der Waals surface area contributed by atoms with Crippen molar-refractivity contribution in [3.05, 3.63) is 95.8 Å². The summed E-state index contributed by atoms with van der Waals surface area (Å²) in [5, 5.41) is 10.8. The van der Waals surface area contributed by atoms with Crippen molar-refractivity contribution in [2.24, 2.45) is 0 Å². The molecular weight excluding hydrogens is 485 g/mol. The summed E-state index contributed by atoms with van der Waals surface area (Å²) in [6.07, 6.45) is 2.24. The lowest BCUT2D eigenvalue weighted by Crippen LogP contribution is -2.12. The van der Waals surface area contributed by atoms with Gasteiger partial charge in [-0.05, 0) is 54.4 Å². The molecule has 0 radical (unpaired) electrons. The SMILES string of the molecule is CCc1ccc(OCn2cc(NC(=O)c3cnn4c(C(F)F)cc(-c5ccc(F)cc5)nc34)cn2)cc1. The zero-order valence-corrected chi connectivity index (χ0v) is 19.6. The van der Waals surface area contributed by atoms with Crippen LogP contribution in [0.4, 0.5) is 18.9 Å². The number of fused-ring (bicyclic) bond motifs is 1.